The molecule has 1 aliphatic rings. The highest BCUT2D eigenvalue weighted by molar-refractivity contribution is 4.65. The minimum absolute atomic E-state index is 0.368. The standard InChI is InChI=1S/C5H10O5/c6-5(9-10-7)4-2-1-3-8-4/h4-7H,1-3H2. The van der Waals surface area contributed by atoms with E-state index in [2.05, 4.69) is 9.93 Å². The molecule has 1 saturated heterocycles. The van der Waals surface area contributed by atoms with Crippen LogP contribution in [-0.2, 0) is 14.7 Å². The third-order valence-electron chi connectivity index (χ3n) is 1.42. The van der Waals surface area contributed by atoms with Crippen molar-refractivity contribution in [2.75, 3.05) is 6.61 Å². The lowest BCUT2D eigenvalue weighted by molar-refractivity contribution is -0.533. The van der Waals surface area contributed by atoms with Gasteiger partial charge < -0.3 is 9.84 Å². The molecule has 1 heterocycles. The summed E-state index contributed by atoms with van der Waals surface area (Å²) in [5.74, 6) is 0. The van der Waals surface area contributed by atoms with Gasteiger partial charge in [-0.1, -0.05) is 5.04 Å². The SMILES string of the molecule is OOOC(O)C1CCCO1. The zero-order valence-electron chi connectivity index (χ0n) is 5.40. The van der Waals surface area contributed by atoms with E-state index in [0.717, 1.165) is 12.8 Å². The highest BCUT2D eigenvalue weighted by Crippen LogP contribution is 2.15. The molecular weight excluding hydrogens is 140 g/mol. The van der Waals surface area contributed by atoms with E-state index >= 15 is 0 Å². The van der Waals surface area contributed by atoms with Crippen molar-refractivity contribution in [3.8, 4) is 0 Å². The van der Waals surface area contributed by atoms with E-state index < -0.39 is 6.29 Å². The van der Waals surface area contributed by atoms with Crippen LogP contribution in [0, 0.1) is 0 Å². The molecule has 1 aliphatic heterocycles. The molecule has 0 aromatic carbocycles. The van der Waals surface area contributed by atoms with Crippen molar-refractivity contribution < 1.29 is 25.0 Å². The van der Waals surface area contributed by atoms with Crippen LogP contribution in [-0.4, -0.2) is 29.4 Å². The van der Waals surface area contributed by atoms with Gasteiger partial charge in [0.05, 0.1) is 0 Å². The van der Waals surface area contributed by atoms with E-state index in [1.807, 2.05) is 0 Å². The fourth-order valence-electron chi connectivity index (χ4n) is 0.934. The lowest BCUT2D eigenvalue weighted by Gasteiger charge is -2.13. The van der Waals surface area contributed by atoms with Gasteiger partial charge in [-0.3, -0.25) is 0 Å². The van der Waals surface area contributed by atoms with Crippen LogP contribution in [0.3, 0.4) is 0 Å². The molecule has 0 saturated carbocycles. The topological polar surface area (TPSA) is 68.2 Å². The van der Waals surface area contributed by atoms with Crippen LogP contribution in [0.15, 0.2) is 0 Å². The maximum Gasteiger partial charge on any atom is 0.218 e. The van der Waals surface area contributed by atoms with Gasteiger partial charge in [0, 0.05) is 6.61 Å². The number of aliphatic hydroxyl groups is 1. The van der Waals surface area contributed by atoms with Gasteiger partial charge in [0.15, 0.2) is 0 Å². The molecule has 1 rings (SSSR count). The van der Waals surface area contributed by atoms with Gasteiger partial charge in [-0.05, 0) is 12.8 Å². The van der Waals surface area contributed by atoms with Crippen molar-refractivity contribution in [3.63, 3.8) is 0 Å². The Morgan fingerprint density at radius 3 is 2.90 bits per heavy atom. The van der Waals surface area contributed by atoms with Gasteiger partial charge >= 0.3 is 0 Å². The molecule has 0 radical (unpaired) electrons. The Bertz CT molecular complexity index is 90.0. The highest BCUT2D eigenvalue weighted by atomic mass is 17.5. The van der Waals surface area contributed by atoms with Crippen molar-refractivity contribution in [1.29, 1.82) is 0 Å². The van der Waals surface area contributed by atoms with E-state index in [9.17, 15) is 0 Å². The van der Waals surface area contributed by atoms with Crippen LogP contribution >= 0.6 is 0 Å². The zero-order valence-corrected chi connectivity index (χ0v) is 5.40. The third-order valence-corrected chi connectivity index (χ3v) is 1.42. The minimum atomic E-state index is -1.19. The molecule has 10 heavy (non-hydrogen) atoms. The first-order valence-electron chi connectivity index (χ1n) is 3.11. The number of rotatable bonds is 3. The summed E-state index contributed by atoms with van der Waals surface area (Å²) in [6.07, 6.45) is 0.0702. The first-order valence-corrected chi connectivity index (χ1v) is 3.11. The van der Waals surface area contributed by atoms with Gasteiger partial charge in [-0.25, -0.2) is 5.26 Å². The van der Waals surface area contributed by atoms with Crippen LogP contribution in [0.25, 0.3) is 0 Å². The molecule has 5 nitrogen and oxygen atoms in total. The molecule has 0 aromatic rings. The van der Waals surface area contributed by atoms with Crippen molar-refractivity contribution in [1.82, 2.24) is 0 Å². The second-order valence-corrected chi connectivity index (χ2v) is 2.11. The fraction of sp³-hybridized carbons (Fsp3) is 1.00. The molecule has 2 N–H and O–H groups in total. The normalized spacial score (nSPS) is 28.8. The monoisotopic (exact) mass is 150 g/mol. The largest absolute Gasteiger partial charge is 0.373 e. The lowest BCUT2D eigenvalue weighted by atomic mass is 10.2. The summed E-state index contributed by atoms with van der Waals surface area (Å²) in [5, 5.41) is 20.0. The Labute approximate surface area is 58.0 Å². The Kier molecular flexibility index (Phi) is 3.04. The molecule has 0 bridgehead atoms. The third kappa shape index (κ3) is 1.89. The Hall–Kier alpha value is -0.200. The molecule has 0 spiro atoms. The molecule has 2 atom stereocenters. The molecular formula is C5H10O5. The predicted octanol–water partition coefficient (Wildman–Crippen LogP) is -0.0950. The van der Waals surface area contributed by atoms with Gasteiger partial charge in [0.2, 0.25) is 6.29 Å². The first-order chi connectivity index (χ1) is 4.84. The van der Waals surface area contributed by atoms with E-state index in [1.165, 1.54) is 0 Å². The molecule has 0 aromatic heterocycles. The van der Waals surface area contributed by atoms with Gasteiger partial charge in [0.25, 0.3) is 0 Å². The number of hydrogen-bond acceptors (Lipinski definition) is 5. The summed E-state index contributed by atoms with van der Waals surface area (Å²) in [4.78, 5) is 4.01. The van der Waals surface area contributed by atoms with Gasteiger partial charge in [-0.15, -0.1) is 0 Å². The Balaban J connectivity index is 2.18. The van der Waals surface area contributed by atoms with Crippen LogP contribution in [0.1, 0.15) is 12.8 Å². The van der Waals surface area contributed by atoms with Crippen molar-refractivity contribution in [2.45, 2.75) is 25.2 Å². The zero-order chi connectivity index (χ0) is 7.40. The summed E-state index contributed by atoms with van der Waals surface area (Å²) in [6.45, 7) is 0.622. The first kappa shape index (κ1) is 7.90. The van der Waals surface area contributed by atoms with Crippen molar-refractivity contribution >= 4 is 0 Å². The summed E-state index contributed by atoms with van der Waals surface area (Å²) in [5.41, 5.74) is 0. The summed E-state index contributed by atoms with van der Waals surface area (Å²) >= 11 is 0. The van der Waals surface area contributed by atoms with Crippen LogP contribution < -0.4 is 0 Å². The quantitative estimate of drug-likeness (QED) is 0.334. The number of ether oxygens (including phenoxy) is 1. The smallest absolute Gasteiger partial charge is 0.218 e. The summed E-state index contributed by atoms with van der Waals surface area (Å²) < 4.78 is 5.00. The second kappa shape index (κ2) is 3.85. The highest BCUT2D eigenvalue weighted by Gasteiger charge is 2.25. The minimum Gasteiger partial charge on any atom is -0.373 e. The van der Waals surface area contributed by atoms with Crippen LogP contribution in [0.4, 0.5) is 0 Å². The number of aliphatic hydroxyl groups excluding tert-OH is 1. The Morgan fingerprint density at radius 1 is 1.60 bits per heavy atom. The average Bonchev–Trinajstić information content (AvgIpc) is 2.38. The van der Waals surface area contributed by atoms with Crippen molar-refractivity contribution in [2.24, 2.45) is 0 Å². The molecule has 2 unspecified atom stereocenters. The van der Waals surface area contributed by atoms with Gasteiger partial charge in [-0.2, -0.15) is 4.89 Å². The maximum atomic E-state index is 8.92. The van der Waals surface area contributed by atoms with E-state index in [-0.39, 0.29) is 6.10 Å². The van der Waals surface area contributed by atoms with E-state index in [1.54, 1.807) is 0 Å². The van der Waals surface area contributed by atoms with Crippen LogP contribution in [0.2, 0.25) is 0 Å². The molecule has 0 aliphatic carbocycles. The molecule has 1 fully saturated rings. The number of hydrogen-bond donors (Lipinski definition) is 2. The fourth-order valence-corrected chi connectivity index (χ4v) is 0.934. The maximum absolute atomic E-state index is 8.92. The van der Waals surface area contributed by atoms with Crippen molar-refractivity contribution in [3.05, 3.63) is 0 Å². The summed E-state index contributed by atoms with van der Waals surface area (Å²) in [6, 6.07) is 0. The van der Waals surface area contributed by atoms with E-state index in [4.69, 9.17) is 15.1 Å². The summed E-state index contributed by atoms with van der Waals surface area (Å²) in [7, 11) is 0. The predicted molar refractivity (Wildman–Crippen MR) is 29.8 cm³/mol. The van der Waals surface area contributed by atoms with Gasteiger partial charge in [0.1, 0.15) is 6.10 Å². The second-order valence-electron chi connectivity index (χ2n) is 2.11. The molecule has 0 amide bonds. The molecule has 5 heteroatoms. The Morgan fingerprint density at radius 2 is 2.40 bits per heavy atom. The van der Waals surface area contributed by atoms with Crippen LogP contribution in [0.5, 0.6) is 0 Å². The lowest BCUT2D eigenvalue weighted by Crippen LogP contribution is -2.27. The molecule has 60 valence electrons. The average molecular weight is 150 g/mol. The van der Waals surface area contributed by atoms with E-state index in [0.29, 0.717) is 6.61 Å².